The summed E-state index contributed by atoms with van der Waals surface area (Å²) in [6, 6.07) is 4.31. The van der Waals surface area contributed by atoms with Gasteiger partial charge in [0.15, 0.2) is 11.6 Å². The maximum absolute atomic E-state index is 13.6. The van der Waals surface area contributed by atoms with Crippen LogP contribution >= 0.6 is 27.5 Å². The summed E-state index contributed by atoms with van der Waals surface area (Å²) in [5.74, 6) is -2.74. The molecular weight excluding hydrogens is 344 g/mol. The second-order valence-electron chi connectivity index (χ2n) is 3.70. The lowest BCUT2D eigenvalue weighted by Crippen LogP contribution is -2.02. The van der Waals surface area contributed by atoms with E-state index in [4.69, 9.17) is 17.3 Å². The minimum absolute atomic E-state index is 0.00573. The highest BCUT2D eigenvalue weighted by Crippen LogP contribution is 2.36. The predicted molar refractivity (Wildman–Crippen MR) is 73.2 cm³/mol. The molecule has 0 aliphatic rings. The van der Waals surface area contributed by atoms with E-state index in [1.54, 1.807) is 0 Å². The van der Waals surface area contributed by atoms with E-state index in [1.807, 2.05) is 0 Å². The smallest absolute Gasteiger partial charge is 0.184 e. The second kappa shape index (κ2) is 5.30. The Balaban J connectivity index is 2.51. The number of halogens is 5. The van der Waals surface area contributed by atoms with Crippen LogP contribution in [0, 0.1) is 17.5 Å². The fraction of sp³-hybridized carbons (Fsp3) is 0. The van der Waals surface area contributed by atoms with Crippen molar-refractivity contribution in [2.24, 2.45) is 0 Å². The number of nitrogens with one attached hydrogen (secondary N) is 1. The normalized spacial score (nSPS) is 10.6. The minimum atomic E-state index is -1.13. The average molecular weight is 352 g/mol. The molecular formula is C12H7BrClF3N2. The van der Waals surface area contributed by atoms with E-state index >= 15 is 0 Å². The SMILES string of the molecule is Nc1ccc(F)c(F)c1Nc1c(Cl)cc(F)cc1Br. The summed E-state index contributed by atoms with van der Waals surface area (Å²) in [5, 5.41) is 2.57. The number of nitrogens with two attached hydrogens (primary N) is 1. The van der Waals surface area contributed by atoms with Gasteiger partial charge in [0.2, 0.25) is 0 Å². The zero-order valence-corrected chi connectivity index (χ0v) is 11.6. The van der Waals surface area contributed by atoms with Crippen LogP contribution < -0.4 is 11.1 Å². The molecule has 0 atom stereocenters. The molecule has 0 aliphatic carbocycles. The van der Waals surface area contributed by atoms with Crippen molar-refractivity contribution in [2.75, 3.05) is 11.1 Å². The van der Waals surface area contributed by atoms with Gasteiger partial charge in [-0.05, 0) is 40.2 Å². The summed E-state index contributed by atoms with van der Waals surface area (Å²) in [4.78, 5) is 0. The Kier molecular flexibility index (Phi) is 3.91. The monoisotopic (exact) mass is 350 g/mol. The average Bonchev–Trinajstić information content (AvgIpc) is 2.32. The quantitative estimate of drug-likeness (QED) is 0.759. The number of hydrogen-bond donors (Lipinski definition) is 2. The summed E-state index contributed by atoms with van der Waals surface area (Å²) in [7, 11) is 0. The molecule has 2 aromatic carbocycles. The van der Waals surface area contributed by atoms with E-state index in [-0.39, 0.29) is 26.6 Å². The Morgan fingerprint density at radius 2 is 1.79 bits per heavy atom. The van der Waals surface area contributed by atoms with Gasteiger partial charge in [-0.25, -0.2) is 13.2 Å². The summed E-state index contributed by atoms with van der Waals surface area (Å²) >= 11 is 8.92. The van der Waals surface area contributed by atoms with Crippen LogP contribution in [0.5, 0.6) is 0 Å². The third kappa shape index (κ3) is 2.79. The molecule has 0 aliphatic heterocycles. The Morgan fingerprint density at radius 1 is 1.11 bits per heavy atom. The third-order valence-electron chi connectivity index (χ3n) is 2.38. The molecule has 0 amide bonds. The molecule has 0 saturated heterocycles. The Morgan fingerprint density at radius 3 is 2.42 bits per heavy atom. The number of rotatable bonds is 2. The van der Waals surface area contributed by atoms with E-state index in [2.05, 4.69) is 21.2 Å². The standard InChI is InChI=1S/C12H7BrClF3N2/c13-6-3-5(15)4-7(14)11(6)19-12-9(18)2-1-8(16)10(12)17/h1-4,19H,18H2. The molecule has 0 fully saturated rings. The van der Waals surface area contributed by atoms with Crippen LogP contribution in [0.3, 0.4) is 0 Å². The van der Waals surface area contributed by atoms with Gasteiger partial charge in [0.25, 0.3) is 0 Å². The first kappa shape index (κ1) is 14.0. The van der Waals surface area contributed by atoms with Gasteiger partial charge >= 0.3 is 0 Å². The Hall–Kier alpha value is -1.40. The van der Waals surface area contributed by atoms with Crippen LogP contribution in [0.4, 0.5) is 30.2 Å². The fourth-order valence-corrected chi connectivity index (χ4v) is 2.38. The van der Waals surface area contributed by atoms with Crippen molar-refractivity contribution in [1.29, 1.82) is 0 Å². The summed E-state index contributed by atoms with van der Waals surface area (Å²) < 4.78 is 40.1. The molecule has 0 bridgehead atoms. The highest BCUT2D eigenvalue weighted by molar-refractivity contribution is 9.10. The first-order valence-corrected chi connectivity index (χ1v) is 6.22. The van der Waals surface area contributed by atoms with E-state index in [0.717, 1.165) is 18.2 Å². The summed E-state index contributed by atoms with van der Waals surface area (Å²) in [5.41, 5.74) is 5.51. The van der Waals surface area contributed by atoms with Gasteiger partial charge in [0.05, 0.1) is 16.4 Å². The van der Waals surface area contributed by atoms with Crippen LogP contribution in [-0.4, -0.2) is 0 Å². The maximum atomic E-state index is 13.6. The van der Waals surface area contributed by atoms with E-state index in [0.29, 0.717) is 0 Å². The lowest BCUT2D eigenvalue weighted by molar-refractivity contribution is 0.512. The number of nitrogen functional groups attached to an aromatic ring is 1. The highest BCUT2D eigenvalue weighted by atomic mass is 79.9. The lowest BCUT2D eigenvalue weighted by Gasteiger charge is -2.13. The lowest BCUT2D eigenvalue weighted by atomic mass is 10.2. The molecule has 0 unspecified atom stereocenters. The maximum Gasteiger partial charge on any atom is 0.184 e. The summed E-state index contributed by atoms with van der Waals surface area (Å²) in [6.07, 6.45) is 0. The van der Waals surface area contributed by atoms with Crippen molar-refractivity contribution in [3.63, 3.8) is 0 Å². The largest absolute Gasteiger partial charge is 0.397 e. The van der Waals surface area contributed by atoms with Crippen LogP contribution in [0.25, 0.3) is 0 Å². The topological polar surface area (TPSA) is 38.0 Å². The van der Waals surface area contributed by atoms with Crippen molar-refractivity contribution in [2.45, 2.75) is 0 Å². The number of anilines is 3. The van der Waals surface area contributed by atoms with Crippen molar-refractivity contribution in [1.82, 2.24) is 0 Å². The second-order valence-corrected chi connectivity index (χ2v) is 4.96. The first-order chi connectivity index (χ1) is 8.90. The van der Waals surface area contributed by atoms with E-state index < -0.39 is 17.5 Å². The van der Waals surface area contributed by atoms with Crippen LogP contribution in [0.2, 0.25) is 5.02 Å². The summed E-state index contributed by atoms with van der Waals surface area (Å²) in [6.45, 7) is 0. The Labute approximate surface area is 120 Å². The predicted octanol–water partition coefficient (Wildman–Crippen LogP) is 4.85. The molecule has 0 heterocycles. The number of benzene rings is 2. The molecule has 7 heteroatoms. The Bertz CT molecular complexity index is 626. The molecule has 3 N–H and O–H groups in total. The van der Waals surface area contributed by atoms with Gasteiger partial charge in [-0.2, -0.15) is 0 Å². The zero-order valence-electron chi connectivity index (χ0n) is 9.28. The van der Waals surface area contributed by atoms with Crippen LogP contribution in [-0.2, 0) is 0 Å². The van der Waals surface area contributed by atoms with Crippen molar-refractivity contribution >= 4 is 44.6 Å². The highest BCUT2D eigenvalue weighted by Gasteiger charge is 2.15. The third-order valence-corrected chi connectivity index (χ3v) is 3.31. The van der Waals surface area contributed by atoms with Gasteiger partial charge in [-0.1, -0.05) is 11.6 Å². The van der Waals surface area contributed by atoms with Gasteiger partial charge in [-0.3, -0.25) is 0 Å². The van der Waals surface area contributed by atoms with Gasteiger partial charge < -0.3 is 11.1 Å². The number of hydrogen-bond acceptors (Lipinski definition) is 2. The van der Waals surface area contributed by atoms with E-state index in [1.165, 1.54) is 6.07 Å². The molecule has 100 valence electrons. The van der Waals surface area contributed by atoms with Gasteiger partial charge in [0.1, 0.15) is 11.5 Å². The minimum Gasteiger partial charge on any atom is -0.397 e. The van der Waals surface area contributed by atoms with Crippen molar-refractivity contribution < 1.29 is 13.2 Å². The molecule has 19 heavy (non-hydrogen) atoms. The molecule has 2 nitrogen and oxygen atoms in total. The van der Waals surface area contributed by atoms with Gasteiger partial charge in [0, 0.05) is 4.47 Å². The van der Waals surface area contributed by atoms with Crippen LogP contribution in [0.1, 0.15) is 0 Å². The van der Waals surface area contributed by atoms with E-state index in [9.17, 15) is 13.2 Å². The van der Waals surface area contributed by atoms with Crippen molar-refractivity contribution in [3.8, 4) is 0 Å². The molecule has 0 radical (unpaired) electrons. The van der Waals surface area contributed by atoms with Gasteiger partial charge in [-0.15, -0.1) is 0 Å². The zero-order chi connectivity index (χ0) is 14.2. The molecule has 2 aromatic rings. The molecule has 0 saturated carbocycles. The first-order valence-electron chi connectivity index (χ1n) is 5.05. The molecule has 2 rings (SSSR count). The fourth-order valence-electron chi connectivity index (χ4n) is 1.48. The molecule has 0 aromatic heterocycles. The van der Waals surface area contributed by atoms with Crippen molar-refractivity contribution in [3.05, 3.63) is 51.2 Å². The van der Waals surface area contributed by atoms with Crippen LogP contribution in [0.15, 0.2) is 28.7 Å². The molecule has 0 spiro atoms.